The Morgan fingerprint density at radius 2 is 1.95 bits per heavy atom. The fraction of sp³-hybridized carbons (Fsp3) is 0.353. The van der Waals surface area contributed by atoms with E-state index in [1.807, 2.05) is 30.5 Å². The van der Waals surface area contributed by atoms with Crippen molar-refractivity contribution in [2.45, 2.75) is 26.3 Å². The molecule has 0 bridgehead atoms. The molecular weight excluding hydrogens is 260 g/mol. The van der Waals surface area contributed by atoms with Crippen LogP contribution in [-0.2, 0) is 6.54 Å². The van der Waals surface area contributed by atoms with E-state index in [1.54, 1.807) is 0 Å². The number of aromatic nitrogens is 2. The van der Waals surface area contributed by atoms with Crippen LogP contribution in [0.4, 0.5) is 5.69 Å². The standard InChI is InChI=1S/C17H24N4/c1-5-9-20(10-6-2)12-15-17(13(3)4)19-16-8-7-14(18)11-21(15)16/h5-8,11,13H,1-2,9-10,12,18H2,3-4H3. The lowest BCUT2D eigenvalue weighted by Crippen LogP contribution is -2.24. The topological polar surface area (TPSA) is 46.6 Å². The molecule has 0 aliphatic heterocycles. The zero-order valence-corrected chi connectivity index (χ0v) is 12.9. The van der Waals surface area contributed by atoms with Gasteiger partial charge in [0.25, 0.3) is 0 Å². The number of hydrogen-bond acceptors (Lipinski definition) is 3. The van der Waals surface area contributed by atoms with Gasteiger partial charge in [-0.05, 0) is 18.1 Å². The number of nitrogens with two attached hydrogens (primary N) is 1. The van der Waals surface area contributed by atoms with Crippen molar-refractivity contribution in [2.24, 2.45) is 0 Å². The Labute approximate surface area is 126 Å². The van der Waals surface area contributed by atoms with Gasteiger partial charge in [-0.3, -0.25) is 4.90 Å². The summed E-state index contributed by atoms with van der Waals surface area (Å²) >= 11 is 0. The number of imidazole rings is 1. The highest BCUT2D eigenvalue weighted by Crippen LogP contribution is 2.23. The second kappa shape index (κ2) is 6.59. The van der Waals surface area contributed by atoms with Gasteiger partial charge in [-0.15, -0.1) is 13.2 Å². The summed E-state index contributed by atoms with van der Waals surface area (Å²) in [6.45, 7) is 14.4. The average Bonchev–Trinajstić information content (AvgIpc) is 2.78. The maximum atomic E-state index is 5.93. The van der Waals surface area contributed by atoms with Crippen molar-refractivity contribution in [3.8, 4) is 0 Å². The monoisotopic (exact) mass is 284 g/mol. The number of anilines is 1. The number of nitrogens with zero attached hydrogens (tertiary/aromatic N) is 3. The number of nitrogen functional groups attached to an aromatic ring is 1. The van der Waals surface area contributed by atoms with E-state index in [4.69, 9.17) is 10.7 Å². The van der Waals surface area contributed by atoms with Crippen molar-refractivity contribution in [1.29, 1.82) is 0 Å². The summed E-state index contributed by atoms with van der Waals surface area (Å²) in [7, 11) is 0. The van der Waals surface area contributed by atoms with E-state index >= 15 is 0 Å². The zero-order valence-electron chi connectivity index (χ0n) is 12.9. The Hall–Kier alpha value is -2.07. The molecule has 2 rings (SSSR count). The van der Waals surface area contributed by atoms with Gasteiger partial charge in [0.1, 0.15) is 5.65 Å². The first-order chi connectivity index (χ1) is 10.1. The maximum absolute atomic E-state index is 5.93. The normalized spacial score (nSPS) is 11.4. The minimum absolute atomic E-state index is 0.371. The van der Waals surface area contributed by atoms with Crippen LogP contribution >= 0.6 is 0 Å². The van der Waals surface area contributed by atoms with Crippen molar-refractivity contribution < 1.29 is 0 Å². The van der Waals surface area contributed by atoms with E-state index in [-0.39, 0.29) is 0 Å². The van der Waals surface area contributed by atoms with E-state index < -0.39 is 0 Å². The summed E-state index contributed by atoms with van der Waals surface area (Å²) in [5, 5.41) is 0. The van der Waals surface area contributed by atoms with Gasteiger partial charge in [0.05, 0.1) is 11.4 Å². The van der Waals surface area contributed by atoms with Crippen molar-refractivity contribution in [1.82, 2.24) is 14.3 Å². The summed E-state index contributed by atoms with van der Waals surface area (Å²) < 4.78 is 2.10. The highest BCUT2D eigenvalue weighted by molar-refractivity contribution is 5.50. The van der Waals surface area contributed by atoms with Crippen LogP contribution in [-0.4, -0.2) is 27.4 Å². The molecule has 21 heavy (non-hydrogen) atoms. The quantitative estimate of drug-likeness (QED) is 0.794. The van der Waals surface area contributed by atoms with Gasteiger partial charge in [0, 0.05) is 31.5 Å². The molecule has 0 fully saturated rings. The van der Waals surface area contributed by atoms with Gasteiger partial charge in [-0.1, -0.05) is 26.0 Å². The lowest BCUT2D eigenvalue weighted by atomic mass is 10.1. The van der Waals surface area contributed by atoms with Gasteiger partial charge >= 0.3 is 0 Å². The molecule has 0 aromatic carbocycles. The van der Waals surface area contributed by atoms with Crippen LogP contribution < -0.4 is 5.73 Å². The van der Waals surface area contributed by atoms with Crippen LogP contribution in [0.1, 0.15) is 31.2 Å². The summed E-state index contributed by atoms with van der Waals surface area (Å²) in [5.41, 5.74) is 9.94. The van der Waals surface area contributed by atoms with Crippen LogP contribution in [0.5, 0.6) is 0 Å². The number of hydrogen-bond donors (Lipinski definition) is 1. The molecule has 0 spiro atoms. The third-order valence-corrected chi connectivity index (χ3v) is 3.47. The predicted molar refractivity (Wildman–Crippen MR) is 89.4 cm³/mol. The molecule has 0 unspecified atom stereocenters. The van der Waals surface area contributed by atoms with Gasteiger partial charge in [0.2, 0.25) is 0 Å². The van der Waals surface area contributed by atoms with Crippen molar-refractivity contribution in [2.75, 3.05) is 18.8 Å². The van der Waals surface area contributed by atoms with Crippen LogP contribution in [0.15, 0.2) is 43.6 Å². The molecule has 0 atom stereocenters. The Morgan fingerprint density at radius 3 is 2.52 bits per heavy atom. The lowest BCUT2D eigenvalue weighted by Gasteiger charge is -2.20. The minimum atomic E-state index is 0.371. The van der Waals surface area contributed by atoms with Crippen molar-refractivity contribution >= 4 is 11.3 Å². The molecule has 112 valence electrons. The lowest BCUT2D eigenvalue weighted by molar-refractivity contribution is 0.321. The number of pyridine rings is 1. The van der Waals surface area contributed by atoms with Gasteiger partial charge < -0.3 is 10.1 Å². The van der Waals surface area contributed by atoms with Crippen molar-refractivity contribution in [3.05, 3.63) is 55.0 Å². The first kappa shape index (κ1) is 15.3. The third kappa shape index (κ3) is 3.34. The van der Waals surface area contributed by atoms with E-state index in [1.165, 1.54) is 5.69 Å². The summed E-state index contributed by atoms with van der Waals surface area (Å²) in [6.07, 6.45) is 5.77. The fourth-order valence-corrected chi connectivity index (χ4v) is 2.53. The Balaban J connectivity index is 2.47. The fourth-order valence-electron chi connectivity index (χ4n) is 2.53. The molecule has 0 aliphatic rings. The van der Waals surface area contributed by atoms with Crippen molar-refractivity contribution in [3.63, 3.8) is 0 Å². The molecule has 2 aromatic rings. The van der Waals surface area contributed by atoms with Crippen LogP contribution in [0, 0.1) is 0 Å². The summed E-state index contributed by atoms with van der Waals surface area (Å²) in [4.78, 5) is 7.03. The Bertz CT molecular complexity index is 630. The average molecular weight is 284 g/mol. The predicted octanol–water partition coefficient (Wildman–Crippen LogP) is 3.21. The van der Waals surface area contributed by atoms with Gasteiger partial charge in [-0.25, -0.2) is 4.98 Å². The first-order valence-electron chi connectivity index (χ1n) is 7.27. The van der Waals surface area contributed by atoms with Crippen LogP contribution in [0.2, 0.25) is 0 Å². The highest BCUT2D eigenvalue weighted by atomic mass is 15.1. The molecular formula is C17H24N4. The zero-order chi connectivity index (χ0) is 15.4. The Kier molecular flexibility index (Phi) is 4.81. The summed E-state index contributed by atoms with van der Waals surface area (Å²) in [6, 6.07) is 3.86. The molecule has 2 heterocycles. The number of fused-ring (bicyclic) bond motifs is 1. The minimum Gasteiger partial charge on any atom is -0.398 e. The number of rotatable bonds is 7. The molecule has 2 N–H and O–H groups in total. The molecule has 0 radical (unpaired) electrons. The molecule has 4 nitrogen and oxygen atoms in total. The van der Waals surface area contributed by atoms with E-state index in [0.29, 0.717) is 5.92 Å². The molecule has 4 heteroatoms. The first-order valence-corrected chi connectivity index (χ1v) is 7.27. The molecule has 0 aliphatic carbocycles. The SMILES string of the molecule is C=CCN(CC=C)Cc1c(C(C)C)nc2ccc(N)cn12. The largest absolute Gasteiger partial charge is 0.398 e. The van der Waals surface area contributed by atoms with Crippen LogP contribution in [0.3, 0.4) is 0 Å². The maximum Gasteiger partial charge on any atom is 0.137 e. The van der Waals surface area contributed by atoms with E-state index in [9.17, 15) is 0 Å². The highest BCUT2D eigenvalue weighted by Gasteiger charge is 2.17. The summed E-state index contributed by atoms with van der Waals surface area (Å²) in [5.74, 6) is 0.371. The molecule has 0 saturated carbocycles. The smallest absolute Gasteiger partial charge is 0.137 e. The van der Waals surface area contributed by atoms with Gasteiger partial charge in [-0.2, -0.15) is 0 Å². The molecule has 0 amide bonds. The van der Waals surface area contributed by atoms with E-state index in [0.717, 1.165) is 36.7 Å². The second-order valence-electron chi connectivity index (χ2n) is 5.56. The van der Waals surface area contributed by atoms with Crippen LogP contribution in [0.25, 0.3) is 5.65 Å². The third-order valence-electron chi connectivity index (χ3n) is 3.47. The van der Waals surface area contributed by atoms with E-state index in [2.05, 4.69) is 36.3 Å². The second-order valence-corrected chi connectivity index (χ2v) is 5.56. The molecule has 0 saturated heterocycles. The molecule has 2 aromatic heterocycles. The Morgan fingerprint density at radius 1 is 1.29 bits per heavy atom. The van der Waals surface area contributed by atoms with Gasteiger partial charge in [0.15, 0.2) is 0 Å².